The summed E-state index contributed by atoms with van der Waals surface area (Å²) in [5.74, 6) is 1.61. The molecule has 1 fully saturated rings. The monoisotopic (exact) mass is 317 g/mol. The molecule has 2 aromatic rings. The zero-order chi connectivity index (χ0) is 16.4. The fourth-order valence-corrected chi connectivity index (χ4v) is 2.99. The number of hydrogen-bond acceptors (Lipinski definition) is 5. The van der Waals surface area contributed by atoms with Crippen LogP contribution in [0.4, 0.5) is 0 Å². The summed E-state index contributed by atoms with van der Waals surface area (Å²) in [7, 11) is 1.90. The van der Waals surface area contributed by atoms with E-state index in [1.165, 1.54) is 0 Å². The van der Waals surface area contributed by atoms with Crippen LogP contribution >= 0.6 is 0 Å². The lowest BCUT2D eigenvalue weighted by Crippen LogP contribution is -2.30. The van der Waals surface area contributed by atoms with E-state index in [-0.39, 0.29) is 17.9 Å². The molecular weight excluding hydrogens is 294 g/mol. The number of likely N-dealkylation sites (tertiary alicyclic amines) is 1. The maximum atomic E-state index is 12.6. The van der Waals surface area contributed by atoms with E-state index in [2.05, 4.69) is 15.2 Å². The third-order valence-electron chi connectivity index (χ3n) is 4.24. The van der Waals surface area contributed by atoms with E-state index in [9.17, 15) is 4.79 Å². The molecule has 23 heavy (non-hydrogen) atoms. The van der Waals surface area contributed by atoms with Crippen molar-refractivity contribution >= 4 is 5.91 Å². The Morgan fingerprint density at radius 3 is 2.96 bits per heavy atom. The molecule has 0 spiro atoms. The standard InChI is InChI=1S/C16H23N5O2/c1-11(2)16-18-14(23-19-16)6-7-15(22)21-8-4-5-13(21)12-9-17-20(3)10-12/h9-11,13H,4-8H2,1-3H3/t13-/m0/s1. The Bertz CT molecular complexity index is 676. The summed E-state index contributed by atoms with van der Waals surface area (Å²) in [4.78, 5) is 18.8. The van der Waals surface area contributed by atoms with Crippen LogP contribution in [0.15, 0.2) is 16.9 Å². The van der Waals surface area contributed by atoms with Crippen molar-refractivity contribution in [1.82, 2.24) is 24.8 Å². The maximum Gasteiger partial charge on any atom is 0.227 e. The predicted octanol–water partition coefficient (Wildman–Crippen LogP) is 2.22. The van der Waals surface area contributed by atoms with Gasteiger partial charge in [-0.15, -0.1) is 0 Å². The molecule has 3 heterocycles. The number of carbonyl (C=O) groups excluding carboxylic acids is 1. The fraction of sp³-hybridized carbons (Fsp3) is 0.625. The number of aryl methyl sites for hydroxylation is 2. The van der Waals surface area contributed by atoms with E-state index >= 15 is 0 Å². The van der Waals surface area contributed by atoms with Gasteiger partial charge in [-0.25, -0.2) is 0 Å². The van der Waals surface area contributed by atoms with Gasteiger partial charge in [0.1, 0.15) is 0 Å². The Hall–Kier alpha value is -2.18. The van der Waals surface area contributed by atoms with Crippen molar-refractivity contribution in [1.29, 1.82) is 0 Å². The highest BCUT2D eigenvalue weighted by atomic mass is 16.5. The average molecular weight is 317 g/mol. The Morgan fingerprint density at radius 1 is 1.48 bits per heavy atom. The van der Waals surface area contributed by atoms with Crippen LogP contribution in [0.5, 0.6) is 0 Å². The van der Waals surface area contributed by atoms with E-state index in [1.807, 2.05) is 38.2 Å². The molecule has 1 amide bonds. The van der Waals surface area contributed by atoms with Crippen LogP contribution < -0.4 is 0 Å². The largest absolute Gasteiger partial charge is 0.339 e. The second-order valence-electron chi connectivity index (χ2n) is 6.39. The zero-order valence-electron chi connectivity index (χ0n) is 13.9. The lowest BCUT2D eigenvalue weighted by molar-refractivity contribution is -0.132. The molecule has 124 valence electrons. The van der Waals surface area contributed by atoms with Gasteiger partial charge in [0.05, 0.1) is 12.2 Å². The van der Waals surface area contributed by atoms with Gasteiger partial charge >= 0.3 is 0 Å². The van der Waals surface area contributed by atoms with Gasteiger partial charge in [-0.05, 0) is 12.8 Å². The molecule has 0 saturated carbocycles. The summed E-state index contributed by atoms with van der Waals surface area (Å²) in [6.07, 6.45) is 6.76. The molecule has 0 bridgehead atoms. The molecule has 0 radical (unpaired) electrons. The van der Waals surface area contributed by atoms with E-state index in [0.717, 1.165) is 24.9 Å². The highest BCUT2D eigenvalue weighted by Crippen LogP contribution is 2.32. The molecule has 0 aromatic carbocycles. The predicted molar refractivity (Wildman–Crippen MR) is 83.6 cm³/mol. The minimum absolute atomic E-state index is 0.139. The van der Waals surface area contributed by atoms with Crippen LogP contribution in [0.1, 0.15) is 62.3 Å². The van der Waals surface area contributed by atoms with E-state index in [0.29, 0.717) is 24.6 Å². The van der Waals surface area contributed by atoms with Crippen molar-refractivity contribution in [3.05, 3.63) is 29.7 Å². The first-order valence-corrected chi connectivity index (χ1v) is 8.15. The quantitative estimate of drug-likeness (QED) is 0.845. The minimum atomic E-state index is 0.139. The topological polar surface area (TPSA) is 77.0 Å². The summed E-state index contributed by atoms with van der Waals surface area (Å²) in [6, 6.07) is 0.144. The van der Waals surface area contributed by atoms with Crippen LogP contribution in [0.2, 0.25) is 0 Å². The number of rotatable bonds is 5. The first kappa shape index (κ1) is 15.7. The Labute approximate surface area is 135 Å². The lowest BCUT2D eigenvalue weighted by atomic mass is 10.1. The van der Waals surface area contributed by atoms with Gasteiger partial charge in [0, 0.05) is 44.1 Å². The van der Waals surface area contributed by atoms with Gasteiger partial charge in [-0.1, -0.05) is 19.0 Å². The van der Waals surface area contributed by atoms with Crippen molar-refractivity contribution in [3.8, 4) is 0 Å². The van der Waals surface area contributed by atoms with Gasteiger partial charge in [-0.2, -0.15) is 10.1 Å². The summed E-state index contributed by atoms with van der Waals surface area (Å²) in [5, 5.41) is 8.15. The molecule has 2 aromatic heterocycles. The molecule has 1 aliphatic rings. The van der Waals surface area contributed by atoms with Crippen LogP contribution in [-0.4, -0.2) is 37.3 Å². The lowest BCUT2D eigenvalue weighted by Gasteiger charge is -2.23. The van der Waals surface area contributed by atoms with E-state index < -0.39 is 0 Å². The maximum absolute atomic E-state index is 12.6. The van der Waals surface area contributed by atoms with Crippen molar-refractivity contribution in [2.24, 2.45) is 7.05 Å². The molecule has 1 saturated heterocycles. The number of aromatic nitrogens is 4. The Kier molecular flexibility index (Phi) is 4.45. The number of hydrogen-bond donors (Lipinski definition) is 0. The molecule has 3 rings (SSSR count). The van der Waals surface area contributed by atoms with Crippen LogP contribution in [0.25, 0.3) is 0 Å². The van der Waals surface area contributed by atoms with Crippen LogP contribution in [-0.2, 0) is 18.3 Å². The molecule has 0 N–H and O–H groups in total. The summed E-state index contributed by atoms with van der Waals surface area (Å²) >= 11 is 0. The van der Waals surface area contributed by atoms with Gasteiger partial charge < -0.3 is 9.42 Å². The molecule has 1 atom stereocenters. The van der Waals surface area contributed by atoms with E-state index in [1.54, 1.807) is 4.68 Å². The minimum Gasteiger partial charge on any atom is -0.339 e. The zero-order valence-corrected chi connectivity index (χ0v) is 13.9. The number of carbonyl (C=O) groups is 1. The molecular formula is C16H23N5O2. The van der Waals surface area contributed by atoms with Gasteiger partial charge in [0.25, 0.3) is 0 Å². The van der Waals surface area contributed by atoms with Gasteiger partial charge in [0.15, 0.2) is 5.82 Å². The molecule has 0 aliphatic carbocycles. The molecule has 1 aliphatic heterocycles. The second-order valence-corrected chi connectivity index (χ2v) is 6.39. The van der Waals surface area contributed by atoms with E-state index in [4.69, 9.17) is 4.52 Å². The van der Waals surface area contributed by atoms with Crippen molar-refractivity contribution in [3.63, 3.8) is 0 Å². The van der Waals surface area contributed by atoms with Crippen LogP contribution in [0, 0.1) is 0 Å². The SMILES string of the molecule is CC(C)c1noc(CCC(=O)N2CCC[C@H]2c2cnn(C)c2)n1. The molecule has 7 nitrogen and oxygen atoms in total. The van der Waals surface area contributed by atoms with Crippen molar-refractivity contribution in [2.45, 2.75) is 51.5 Å². The first-order valence-electron chi connectivity index (χ1n) is 8.15. The average Bonchev–Trinajstić information content (AvgIpc) is 3.24. The third kappa shape index (κ3) is 3.43. The summed E-state index contributed by atoms with van der Waals surface area (Å²) < 4.78 is 6.99. The number of amides is 1. The first-order chi connectivity index (χ1) is 11.0. The highest BCUT2D eigenvalue weighted by molar-refractivity contribution is 5.77. The van der Waals surface area contributed by atoms with Crippen molar-refractivity contribution in [2.75, 3.05) is 6.54 Å². The third-order valence-corrected chi connectivity index (χ3v) is 4.24. The molecule has 7 heteroatoms. The molecule has 0 unspecified atom stereocenters. The summed E-state index contributed by atoms with van der Waals surface area (Å²) in [5.41, 5.74) is 1.11. The number of nitrogens with zero attached hydrogens (tertiary/aromatic N) is 5. The highest BCUT2D eigenvalue weighted by Gasteiger charge is 2.30. The second kappa shape index (κ2) is 6.52. The fourth-order valence-electron chi connectivity index (χ4n) is 2.99. The van der Waals surface area contributed by atoms with Gasteiger partial charge in [-0.3, -0.25) is 9.48 Å². The summed E-state index contributed by atoms with van der Waals surface area (Å²) in [6.45, 7) is 4.84. The van der Waals surface area contributed by atoms with Gasteiger partial charge in [0.2, 0.25) is 11.8 Å². The Morgan fingerprint density at radius 2 is 2.30 bits per heavy atom. The normalized spacial score (nSPS) is 18.1. The Balaban J connectivity index is 1.60. The van der Waals surface area contributed by atoms with Crippen LogP contribution in [0.3, 0.4) is 0 Å². The smallest absolute Gasteiger partial charge is 0.227 e. The van der Waals surface area contributed by atoms with Crippen molar-refractivity contribution < 1.29 is 9.32 Å².